The molecular weight excluding hydrogens is 282 g/mol. The van der Waals surface area contributed by atoms with Crippen molar-refractivity contribution in [2.24, 2.45) is 11.8 Å². The highest BCUT2D eigenvalue weighted by molar-refractivity contribution is 6.21. The second kappa shape index (κ2) is 6.18. The van der Waals surface area contributed by atoms with Crippen LogP contribution in [-0.4, -0.2) is 14.8 Å². The number of nitrogens with zero attached hydrogens (tertiary/aromatic N) is 3. The minimum absolute atomic E-state index is 0.0825. The number of benzene rings is 1. The molecule has 112 valence electrons. The summed E-state index contributed by atoms with van der Waals surface area (Å²) in [4.78, 5) is 4.45. The fourth-order valence-corrected chi connectivity index (χ4v) is 3.58. The second-order valence-electron chi connectivity index (χ2n) is 6.36. The molecule has 0 aliphatic heterocycles. The highest BCUT2D eigenvalue weighted by Gasteiger charge is 2.29. The van der Waals surface area contributed by atoms with Crippen molar-refractivity contribution in [1.82, 2.24) is 14.8 Å². The first-order valence-electron chi connectivity index (χ1n) is 7.73. The molecule has 4 heteroatoms. The number of aromatic nitrogens is 3. The Morgan fingerprint density at radius 2 is 2.14 bits per heavy atom. The lowest BCUT2D eigenvalue weighted by Gasteiger charge is -2.29. The Kier molecular flexibility index (Phi) is 4.29. The third kappa shape index (κ3) is 3.13. The average molecular weight is 304 g/mol. The molecule has 0 bridgehead atoms. The van der Waals surface area contributed by atoms with E-state index in [1.54, 1.807) is 6.33 Å². The monoisotopic (exact) mass is 303 g/mol. The molecule has 1 aromatic heterocycles. The number of hydrogen-bond acceptors (Lipinski definition) is 2. The van der Waals surface area contributed by atoms with Crippen LogP contribution >= 0.6 is 11.6 Å². The summed E-state index contributed by atoms with van der Waals surface area (Å²) in [6.07, 6.45) is 4.81. The Balaban J connectivity index is 1.76. The summed E-state index contributed by atoms with van der Waals surface area (Å²) in [6, 6.07) is 8.54. The van der Waals surface area contributed by atoms with Gasteiger partial charge in [-0.3, -0.25) is 0 Å². The molecule has 2 aromatic rings. The Hall–Kier alpha value is -1.35. The van der Waals surface area contributed by atoms with Crippen molar-refractivity contribution in [1.29, 1.82) is 0 Å². The highest BCUT2D eigenvalue weighted by atomic mass is 35.5. The van der Waals surface area contributed by atoms with Crippen LogP contribution in [0.1, 0.15) is 42.6 Å². The second-order valence-corrected chi connectivity index (χ2v) is 6.83. The SMILES string of the molecule is CC(C)Cn1ncnc1CC1CCc2ccccc2C1Cl. The molecule has 0 spiro atoms. The molecule has 0 fully saturated rings. The van der Waals surface area contributed by atoms with Crippen molar-refractivity contribution in [2.45, 2.75) is 45.0 Å². The maximum absolute atomic E-state index is 6.73. The molecule has 21 heavy (non-hydrogen) atoms. The molecule has 1 aliphatic rings. The predicted molar refractivity (Wildman–Crippen MR) is 85.4 cm³/mol. The van der Waals surface area contributed by atoms with E-state index in [1.165, 1.54) is 11.1 Å². The van der Waals surface area contributed by atoms with Gasteiger partial charge in [0.15, 0.2) is 0 Å². The molecule has 2 atom stereocenters. The summed E-state index contributed by atoms with van der Waals surface area (Å²) in [6.45, 7) is 5.32. The molecule has 0 radical (unpaired) electrons. The maximum Gasteiger partial charge on any atom is 0.138 e. The van der Waals surface area contributed by atoms with E-state index in [4.69, 9.17) is 11.6 Å². The number of hydrogen-bond donors (Lipinski definition) is 0. The van der Waals surface area contributed by atoms with Crippen LogP contribution in [0.5, 0.6) is 0 Å². The zero-order valence-electron chi connectivity index (χ0n) is 12.7. The Labute approximate surface area is 131 Å². The predicted octanol–water partition coefficient (Wildman–Crippen LogP) is 4.02. The number of halogens is 1. The first kappa shape index (κ1) is 14.6. The average Bonchev–Trinajstić information content (AvgIpc) is 2.89. The van der Waals surface area contributed by atoms with E-state index >= 15 is 0 Å². The van der Waals surface area contributed by atoms with Gasteiger partial charge in [-0.2, -0.15) is 5.10 Å². The van der Waals surface area contributed by atoms with Gasteiger partial charge in [0, 0.05) is 13.0 Å². The molecule has 0 saturated heterocycles. The summed E-state index contributed by atoms with van der Waals surface area (Å²) in [5, 5.41) is 4.44. The summed E-state index contributed by atoms with van der Waals surface area (Å²) in [7, 11) is 0. The standard InChI is InChI=1S/C17H22ClN3/c1-12(2)10-21-16(19-11-20-21)9-14-8-7-13-5-3-4-6-15(13)17(14)18/h3-6,11-12,14,17H,7-10H2,1-2H3. The van der Waals surface area contributed by atoms with Crippen LogP contribution in [0.15, 0.2) is 30.6 Å². The van der Waals surface area contributed by atoms with E-state index in [2.05, 4.69) is 48.2 Å². The van der Waals surface area contributed by atoms with Crippen molar-refractivity contribution in [3.05, 3.63) is 47.5 Å². The minimum Gasteiger partial charge on any atom is -0.250 e. The summed E-state index contributed by atoms with van der Waals surface area (Å²) in [5.74, 6) is 2.08. The van der Waals surface area contributed by atoms with Crippen LogP contribution in [0.2, 0.25) is 0 Å². The van der Waals surface area contributed by atoms with Crippen LogP contribution < -0.4 is 0 Å². The largest absolute Gasteiger partial charge is 0.250 e. The molecule has 1 aromatic carbocycles. The molecule has 2 unspecified atom stereocenters. The van der Waals surface area contributed by atoms with E-state index < -0.39 is 0 Å². The summed E-state index contributed by atoms with van der Waals surface area (Å²) < 4.78 is 2.04. The highest BCUT2D eigenvalue weighted by Crippen LogP contribution is 2.40. The van der Waals surface area contributed by atoms with Gasteiger partial charge in [-0.25, -0.2) is 9.67 Å². The van der Waals surface area contributed by atoms with Crippen LogP contribution in [0.25, 0.3) is 0 Å². The van der Waals surface area contributed by atoms with Crippen LogP contribution in [-0.2, 0) is 19.4 Å². The molecule has 0 amide bonds. The van der Waals surface area contributed by atoms with E-state index in [0.717, 1.165) is 31.6 Å². The first-order valence-corrected chi connectivity index (χ1v) is 8.17. The van der Waals surface area contributed by atoms with Gasteiger partial charge in [0.2, 0.25) is 0 Å². The zero-order chi connectivity index (χ0) is 14.8. The minimum atomic E-state index is 0.0825. The molecule has 0 saturated carbocycles. The quantitative estimate of drug-likeness (QED) is 0.799. The zero-order valence-corrected chi connectivity index (χ0v) is 13.4. The van der Waals surface area contributed by atoms with Crippen LogP contribution in [0.3, 0.4) is 0 Å². The van der Waals surface area contributed by atoms with Crippen molar-refractivity contribution >= 4 is 11.6 Å². The van der Waals surface area contributed by atoms with Gasteiger partial charge in [0.25, 0.3) is 0 Å². The summed E-state index contributed by atoms with van der Waals surface area (Å²) in [5.41, 5.74) is 2.70. The van der Waals surface area contributed by atoms with E-state index in [1.807, 2.05) is 4.68 Å². The number of aryl methyl sites for hydroxylation is 1. The van der Waals surface area contributed by atoms with Crippen molar-refractivity contribution in [3.8, 4) is 0 Å². The van der Waals surface area contributed by atoms with Gasteiger partial charge < -0.3 is 0 Å². The summed E-state index contributed by atoms with van der Waals surface area (Å²) >= 11 is 6.73. The van der Waals surface area contributed by atoms with Gasteiger partial charge in [0.1, 0.15) is 12.2 Å². The molecule has 3 nitrogen and oxygen atoms in total. The lowest BCUT2D eigenvalue weighted by atomic mass is 9.81. The van der Waals surface area contributed by atoms with E-state index in [-0.39, 0.29) is 5.38 Å². The Morgan fingerprint density at radius 3 is 2.95 bits per heavy atom. The van der Waals surface area contributed by atoms with Crippen LogP contribution in [0.4, 0.5) is 0 Å². The number of alkyl halides is 1. The third-order valence-electron chi connectivity index (χ3n) is 4.23. The molecule has 3 rings (SSSR count). The van der Waals surface area contributed by atoms with Gasteiger partial charge in [0.05, 0.1) is 5.38 Å². The van der Waals surface area contributed by atoms with E-state index in [9.17, 15) is 0 Å². The van der Waals surface area contributed by atoms with Crippen molar-refractivity contribution < 1.29 is 0 Å². The topological polar surface area (TPSA) is 30.7 Å². The van der Waals surface area contributed by atoms with Gasteiger partial charge in [-0.15, -0.1) is 11.6 Å². The molecular formula is C17H22ClN3. The first-order chi connectivity index (χ1) is 10.1. The Bertz CT molecular complexity index is 606. The van der Waals surface area contributed by atoms with Gasteiger partial charge >= 0.3 is 0 Å². The van der Waals surface area contributed by atoms with Gasteiger partial charge in [-0.05, 0) is 35.8 Å². The smallest absolute Gasteiger partial charge is 0.138 e. The Morgan fingerprint density at radius 1 is 1.33 bits per heavy atom. The fraction of sp³-hybridized carbons (Fsp3) is 0.529. The maximum atomic E-state index is 6.73. The molecule has 0 N–H and O–H groups in total. The van der Waals surface area contributed by atoms with Crippen LogP contribution in [0, 0.1) is 11.8 Å². The van der Waals surface area contributed by atoms with Crippen molar-refractivity contribution in [2.75, 3.05) is 0 Å². The van der Waals surface area contributed by atoms with E-state index in [0.29, 0.717) is 11.8 Å². The fourth-order valence-electron chi connectivity index (χ4n) is 3.16. The number of rotatable bonds is 4. The molecule has 1 aliphatic carbocycles. The lowest BCUT2D eigenvalue weighted by Crippen LogP contribution is -2.21. The normalized spacial score (nSPS) is 21.5. The number of fused-ring (bicyclic) bond motifs is 1. The van der Waals surface area contributed by atoms with Crippen molar-refractivity contribution in [3.63, 3.8) is 0 Å². The third-order valence-corrected chi connectivity index (χ3v) is 4.82. The van der Waals surface area contributed by atoms with Gasteiger partial charge in [-0.1, -0.05) is 38.1 Å². The lowest BCUT2D eigenvalue weighted by molar-refractivity contribution is 0.403. The molecule has 1 heterocycles.